The lowest BCUT2D eigenvalue weighted by atomic mass is 10.0. The van der Waals surface area contributed by atoms with Crippen molar-refractivity contribution in [3.8, 4) is 5.75 Å². The maximum absolute atomic E-state index is 12.9. The van der Waals surface area contributed by atoms with Crippen molar-refractivity contribution in [3.63, 3.8) is 0 Å². The van der Waals surface area contributed by atoms with Crippen molar-refractivity contribution >= 4 is 49.9 Å². The van der Waals surface area contributed by atoms with E-state index >= 15 is 0 Å². The van der Waals surface area contributed by atoms with E-state index in [0.29, 0.717) is 22.4 Å². The zero-order chi connectivity index (χ0) is 22.7. The number of hydrogen-bond acceptors (Lipinski definition) is 7. The van der Waals surface area contributed by atoms with Crippen LogP contribution >= 0.6 is 11.8 Å². The van der Waals surface area contributed by atoms with Crippen LogP contribution < -0.4 is 9.50 Å². The third-order valence-corrected chi connectivity index (χ3v) is 7.00. The molecule has 0 aliphatic carbocycles. The second-order valence-corrected chi connectivity index (χ2v) is 9.96. The summed E-state index contributed by atoms with van der Waals surface area (Å²) in [5, 5.41) is 12.7. The summed E-state index contributed by atoms with van der Waals surface area (Å²) in [5.41, 5.74) is 1.52. The lowest BCUT2D eigenvalue weighted by molar-refractivity contribution is -0.116. The second-order valence-electron chi connectivity index (χ2n) is 7.45. The molecule has 0 radical (unpaired) electrons. The molecule has 1 aliphatic heterocycles. The van der Waals surface area contributed by atoms with Crippen LogP contribution in [-0.2, 0) is 14.9 Å². The average Bonchev–Trinajstić information content (AvgIpc) is 3.20. The van der Waals surface area contributed by atoms with Gasteiger partial charge in [0.25, 0.3) is 0 Å². The summed E-state index contributed by atoms with van der Waals surface area (Å²) in [7, 11) is -4.05. The Morgan fingerprint density at radius 1 is 1.06 bits per heavy atom. The fraction of sp³-hybridized carbons (Fsp3) is 0.174. The SMILES string of the molecule is CC(C)c1ccc(S(=O)(=O)Oc2ccc3ccccc3c2/C=N\N=C2/NC(=O)CS2)cc1. The normalized spacial score (nSPS) is 15.7. The summed E-state index contributed by atoms with van der Waals surface area (Å²) >= 11 is 1.25. The molecular weight excluding hydrogens is 446 g/mol. The van der Waals surface area contributed by atoms with E-state index in [2.05, 4.69) is 15.5 Å². The van der Waals surface area contributed by atoms with Crippen molar-refractivity contribution in [1.29, 1.82) is 0 Å². The van der Waals surface area contributed by atoms with E-state index in [1.54, 1.807) is 36.4 Å². The monoisotopic (exact) mass is 467 g/mol. The van der Waals surface area contributed by atoms with Gasteiger partial charge < -0.3 is 9.50 Å². The maximum atomic E-state index is 12.9. The molecule has 4 rings (SSSR count). The van der Waals surface area contributed by atoms with E-state index in [0.717, 1.165) is 16.3 Å². The number of rotatable bonds is 6. The molecule has 0 spiro atoms. The minimum absolute atomic E-state index is 0.0725. The Bertz CT molecular complexity index is 1330. The van der Waals surface area contributed by atoms with E-state index < -0.39 is 10.1 Å². The van der Waals surface area contributed by atoms with E-state index in [1.165, 1.54) is 18.0 Å². The maximum Gasteiger partial charge on any atom is 0.339 e. The third kappa shape index (κ3) is 4.84. The highest BCUT2D eigenvalue weighted by atomic mass is 32.2. The third-order valence-electron chi connectivity index (χ3n) is 4.89. The topological polar surface area (TPSA) is 97.2 Å². The zero-order valence-electron chi connectivity index (χ0n) is 17.5. The number of fused-ring (bicyclic) bond motifs is 1. The Balaban J connectivity index is 1.70. The highest BCUT2D eigenvalue weighted by Crippen LogP contribution is 2.29. The lowest BCUT2D eigenvalue weighted by Gasteiger charge is -2.12. The molecule has 3 aromatic rings. The summed E-state index contributed by atoms with van der Waals surface area (Å²) in [5.74, 6) is 0.599. The highest BCUT2D eigenvalue weighted by Gasteiger charge is 2.20. The van der Waals surface area contributed by atoms with Gasteiger partial charge in [-0.2, -0.15) is 13.5 Å². The summed E-state index contributed by atoms with van der Waals surface area (Å²) in [6, 6.07) is 17.6. The van der Waals surface area contributed by atoms with Crippen molar-refractivity contribution in [3.05, 3.63) is 71.8 Å². The number of hydrogen-bond donors (Lipinski definition) is 1. The molecule has 32 heavy (non-hydrogen) atoms. The van der Waals surface area contributed by atoms with Crippen LogP contribution in [0.4, 0.5) is 0 Å². The molecule has 0 saturated carbocycles. The van der Waals surface area contributed by atoms with E-state index in [1.807, 2.05) is 38.1 Å². The molecule has 1 saturated heterocycles. The molecule has 0 unspecified atom stereocenters. The molecular formula is C23H21N3O4S2. The Labute approximate surface area is 190 Å². The molecule has 1 heterocycles. The first-order valence-corrected chi connectivity index (χ1v) is 12.3. The van der Waals surface area contributed by atoms with E-state index in [4.69, 9.17) is 4.18 Å². The van der Waals surface area contributed by atoms with E-state index in [-0.39, 0.29) is 16.6 Å². The minimum atomic E-state index is -4.05. The molecule has 1 N–H and O–H groups in total. The Morgan fingerprint density at radius 2 is 1.81 bits per heavy atom. The van der Waals surface area contributed by atoms with Gasteiger partial charge in [0.2, 0.25) is 5.91 Å². The van der Waals surface area contributed by atoms with Crippen molar-refractivity contribution in [2.75, 3.05) is 5.75 Å². The summed E-state index contributed by atoms with van der Waals surface area (Å²) < 4.78 is 31.4. The van der Waals surface area contributed by atoms with Crippen molar-refractivity contribution in [2.24, 2.45) is 10.2 Å². The van der Waals surface area contributed by atoms with Crippen molar-refractivity contribution < 1.29 is 17.4 Å². The predicted molar refractivity (Wildman–Crippen MR) is 128 cm³/mol. The van der Waals surface area contributed by atoms with Crippen molar-refractivity contribution in [1.82, 2.24) is 5.32 Å². The van der Waals surface area contributed by atoms with Gasteiger partial charge in [0.05, 0.1) is 12.0 Å². The minimum Gasteiger partial charge on any atom is -0.378 e. The van der Waals surface area contributed by atoms with Gasteiger partial charge in [-0.1, -0.05) is 68.1 Å². The van der Waals surface area contributed by atoms with Crippen LogP contribution in [0.25, 0.3) is 10.8 Å². The highest BCUT2D eigenvalue weighted by molar-refractivity contribution is 8.15. The zero-order valence-corrected chi connectivity index (χ0v) is 19.1. The molecule has 9 heteroatoms. The lowest BCUT2D eigenvalue weighted by Crippen LogP contribution is -2.19. The first-order chi connectivity index (χ1) is 15.3. The molecule has 7 nitrogen and oxygen atoms in total. The number of amidine groups is 1. The van der Waals surface area contributed by atoms with Crippen LogP contribution in [0.15, 0.2) is 75.8 Å². The first-order valence-electron chi connectivity index (χ1n) is 9.93. The van der Waals surface area contributed by atoms with Gasteiger partial charge in [0, 0.05) is 5.56 Å². The Kier molecular flexibility index (Phi) is 6.29. The van der Waals surface area contributed by atoms with Gasteiger partial charge >= 0.3 is 10.1 Å². The number of carbonyl (C=O) groups is 1. The van der Waals surface area contributed by atoms with Crippen LogP contribution in [0.5, 0.6) is 5.75 Å². The average molecular weight is 468 g/mol. The molecule has 0 aromatic heterocycles. The smallest absolute Gasteiger partial charge is 0.339 e. The standard InChI is InChI=1S/C23H21N3O4S2/c1-15(2)16-7-10-18(11-8-16)32(28,29)30-21-12-9-17-5-3-4-6-19(17)20(21)13-24-26-23-25-22(27)14-31-23/h3-13,15H,14H2,1-2H3,(H,25,26,27)/b24-13-. The molecule has 1 amide bonds. The van der Waals surface area contributed by atoms with Crippen molar-refractivity contribution in [2.45, 2.75) is 24.7 Å². The largest absolute Gasteiger partial charge is 0.378 e. The molecule has 164 valence electrons. The van der Waals surface area contributed by atoms with Gasteiger partial charge in [-0.25, -0.2) is 0 Å². The number of nitrogens with zero attached hydrogens (tertiary/aromatic N) is 2. The van der Waals surface area contributed by atoms with Crippen LogP contribution in [0.3, 0.4) is 0 Å². The fourth-order valence-electron chi connectivity index (χ4n) is 3.19. The van der Waals surface area contributed by atoms with Crippen LogP contribution in [0.2, 0.25) is 0 Å². The van der Waals surface area contributed by atoms with E-state index in [9.17, 15) is 13.2 Å². The van der Waals surface area contributed by atoms with Gasteiger partial charge in [0.15, 0.2) is 10.9 Å². The number of thioether (sulfide) groups is 1. The number of benzene rings is 3. The Morgan fingerprint density at radius 3 is 2.50 bits per heavy atom. The summed E-state index contributed by atoms with van der Waals surface area (Å²) in [4.78, 5) is 11.4. The summed E-state index contributed by atoms with van der Waals surface area (Å²) in [6.07, 6.45) is 1.44. The number of nitrogens with one attached hydrogen (secondary N) is 1. The van der Waals surface area contributed by atoms with Crippen LogP contribution in [0.1, 0.15) is 30.9 Å². The fourth-order valence-corrected chi connectivity index (χ4v) is 4.76. The molecule has 1 aliphatic rings. The van der Waals surface area contributed by atoms with Gasteiger partial charge in [-0.05, 0) is 40.5 Å². The molecule has 0 bridgehead atoms. The number of carbonyl (C=O) groups excluding carboxylic acids is 1. The van der Waals surface area contributed by atoms with Gasteiger partial charge in [-0.3, -0.25) is 4.79 Å². The van der Waals surface area contributed by atoms with Gasteiger partial charge in [-0.15, -0.1) is 5.10 Å². The predicted octanol–water partition coefficient (Wildman–Crippen LogP) is 4.28. The Hall–Kier alpha value is -3.17. The number of amides is 1. The molecule has 3 aromatic carbocycles. The van der Waals surface area contributed by atoms with Crippen LogP contribution in [0, 0.1) is 0 Å². The molecule has 0 atom stereocenters. The molecule has 1 fully saturated rings. The van der Waals surface area contributed by atoms with Crippen LogP contribution in [-0.4, -0.2) is 31.5 Å². The second kappa shape index (κ2) is 9.13. The first kappa shape index (κ1) is 22.0. The summed E-state index contributed by atoms with van der Waals surface area (Å²) in [6.45, 7) is 4.08. The quantitative estimate of drug-likeness (QED) is 0.331. The van der Waals surface area contributed by atoms with Gasteiger partial charge in [0.1, 0.15) is 4.90 Å².